The molecule has 0 aromatic carbocycles. The molecule has 0 saturated heterocycles. The van der Waals surface area contributed by atoms with Gasteiger partial charge < -0.3 is 20.5 Å². The van der Waals surface area contributed by atoms with E-state index in [1.807, 2.05) is 0 Å². The molecule has 0 aliphatic heterocycles. The lowest BCUT2D eigenvalue weighted by Gasteiger charge is -2.15. The number of hydrogen-bond donors (Lipinski definition) is 3. The Morgan fingerprint density at radius 3 is 2.47 bits per heavy atom. The van der Waals surface area contributed by atoms with Gasteiger partial charge in [0, 0.05) is 13.7 Å². The maximum atomic E-state index is 11.4. The molecule has 0 aromatic heterocycles. The first kappa shape index (κ1) is 13.8. The molecule has 17 heavy (non-hydrogen) atoms. The minimum Gasteiger partial charge on any atom is -0.479 e. The molecule has 1 aliphatic carbocycles. The van der Waals surface area contributed by atoms with Gasteiger partial charge in [0.15, 0.2) is 6.10 Å². The normalized spacial score (nSPS) is 18.2. The smallest absolute Gasteiger partial charge is 0.334 e. The Balaban J connectivity index is 2.19. The predicted molar refractivity (Wildman–Crippen MR) is 61.8 cm³/mol. The molecular formula is C11H20N2O4. The van der Waals surface area contributed by atoms with E-state index >= 15 is 0 Å². The lowest BCUT2D eigenvalue weighted by atomic mass is 10.0. The average Bonchev–Trinajstić information content (AvgIpc) is 3.07. The van der Waals surface area contributed by atoms with Crippen LogP contribution in [0.15, 0.2) is 0 Å². The van der Waals surface area contributed by atoms with Gasteiger partial charge in [-0.25, -0.2) is 9.59 Å². The molecule has 0 bridgehead atoms. The van der Waals surface area contributed by atoms with Crippen molar-refractivity contribution in [2.24, 2.45) is 5.41 Å². The van der Waals surface area contributed by atoms with Crippen LogP contribution >= 0.6 is 0 Å². The molecule has 1 unspecified atom stereocenters. The Bertz CT molecular complexity index is 289. The number of nitrogens with one attached hydrogen (secondary N) is 2. The van der Waals surface area contributed by atoms with E-state index in [2.05, 4.69) is 17.6 Å². The first-order valence-corrected chi connectivity index (χ1v) is 5.80. The van der Waals surface area contributed by atoms with E-state index < -0.39 is 12.1 Å². The number of carbonyl (C=O) groups is 2. The molecule has 1 fully saturated rings. The first-order valence-electron chi connectivity index (χ1n) is 5.80. The molecule has 0 aromatic rings. The molecule has 1 atom stereocenters. The molecule has 0 radical (unpaired) electrons. The fourth-order valence-corrected chi connectivity index (χ4v) is 1.62. The molecule has 1 saturated carbocycles. The Kier molecular flexibility index (Phi) is 4.74. The fourth-order valence-electron chi connectivity index (χ4n) is 1.62. The van der Waals surface area contributed by atoms with Crippen LogP contribution in [0.25, 0.3) is 0 Å². The van der Waals surface area contributed by atoms with Crippen molar-refractivity contribution in [1.29, 1.82) is 0 Å². The van der Waals surface area contributed by atoms with E-state index in [0.29, 0.717) is 6.54 Å². The van der Waals surface area contributed by atoms with Crippen molar-refractivity contribution in [3.63, 3.8) is 0 Å². The zero-order valence-corrected chi connectivity index (χ0v) is 10.3. The van der Waals surface area contributed by atoms with E-state index in [1.165, 1.54) is 7.11 Å². The van der Waals surface area contributed by atoms with Gasteiger partial charge in [-0.05, 0) is 24.7 Å². The Hall–Kier alpha value is -1.30. The van der Waals surface area contributed by atoms with Gasteiger partial charge in [0.2, 0.25) is 0 Å². The van der Waals surface area contributed by atoms with Gasteiger partial charge in [0.25, 0.3) is 0 Å². The number of carboxylic acids is 1. The maximum absolute atomic E-state index is 11.4. The number of methoxy groups -OCH3 is 1. The molecule has 1 aliphatic rings. The number of urea groups is 1. The van der Waals surface area contributed by atoms with Crippen LogP contribution in [0.4, 0.5) is 4.79 Å². The third-order valence-corrected chi connectivity index (χ3v) is 3.34. The zero-order valence-electron chi connectivity index (χ0n) is 10.3. The largest absolute Gasteiger partial charge is 0.479 e. The van der Waals surface area contributed by atoms with Gasteiger partial charge in [-0.15, -0.1) is 0 Å². The summed E-state index contributed by atoms with van der Waals surface area (Å²) in [4.78, 5) is 22.0. The van der Waals surface area contributed by atoms with Crippen molar-refractivity contribution < 1.29 is 19.4 Å². The Morgan fingerprint density at radius 1 is 1.41 bits per heavy atom. The number of aliphatic carboxylic acids is 1. The Morgan fingerprint density at radius 2 is 2.06 bits per heavy atom. The van der Waals surface area contributed by atoms with Crippen LogP contribution in [0, 0.1) is 5.41 Å². The average molecular weight is 244 g/mol. The fraction of sp³-hybridized carbons (Fsp3) is 0.818. The summed E-state index contributed by atoms with van der Waals surface area (Å²) in [5, 5.41) is 13.9. The second kappa shape index (κ2) is 5.86. The summed E-state index contributed by atoms with van der Waals surface area (Å²) in [6.07, 6.45) is 2.37. The van der Waals surface area contributed by atoms with Crippen molar-refractivity contribution in [3.8, 4) is 0 Å². The van der Waals surface area contributed by atoms with Crippen LogP contribution in [-0.2, 0) is 9.53 Å². The van der Waals surface area contributed by atoms with Gasteiger partial charge in [-0.1, -0.05) is 6.92 Å². The summed E-state index contributed by atoms with van der Waals surface area (Å²) < 4.78 is 4.70. The van der Waals surface area contributed by atoms with Crippen molar-refractivity contribution in [2.75, 3.05) is 20.2 Å². The predicted octanol–water partition coefficient (Wildman–Crippen LogP) is 0.575. The Labute approximate surface area is 101 Å². The summed E-state index contributed by atoms with van der Waals surface area (Å²) in [5.41, 5.74) is 0.283. The standard InChI is InChI=1S/C11H20N2O4/c1-3-11(4-5-11)7-13-10(16)12-6-8(17-2)9(14)15/h8H,3-7H2,1-2H3,(H,14,15)(H2,12,13,16). The summed E-state index contributed by atoms with van der Waals surface area (Å²) in [6.45, 7) is 2.73. The van der Waals surface area contributed by atoms with Gasteiger partial charge in [-0.2, -0.15) is 0 Å². The van der Waals surface area contributed by atoms with E-state index in [1.54, 1.807) is 0 Å². The third kappa shape index (κ3) is 4.22. The van der Waals surface area contributed by atoms with E-state index in [0.717, 1.165) is 19.3 Å². The van der Waals surface area contributed by atoms with Crippen molar-refractivity contribution >= 4 is 12.0 Å². The second-order valence-corrected chi connectivity index (χ2v) is 4.48. The van der Waals surface area contributed by atoms with Crippen LogP contribution < -0.4 is 10.6 Å². The molecule has 2 amide bonds. The van der Waals surface area contributed by atoms with Crippen molar-refractivity contribution in [1.82, 2.24) is 10.6 Å². The minimum absolute atomic E-state index is 0.0310. The van der Waals surface area contributed by atoms with Crippen LogP contribution in [0.3, 0.4) is 0 Å². The number of amides is 2. The lowest BCUT2D eigenvalue weighted by molar-refractivity contribution is -0.147. The topological polar surface area (TPSA) is 87.7 Å². The molecule has 98 valence electrons. The van der Waals surface area contributed by atoms with Crippen molar-refractivity contribution in [3.05, 3.63) is 0 Å². The molecule has 6 heteroatoms. The van der Waals surface area contributed by atoms with E-state index in [-0.39, 0.29) is 18.0 Å². The number of carbonyl (C=O) groups excluding carboxylic acids is 1. The number of hydrogen-bond acceptors (Lipinski definition) is 3. The third-order valence-electron chi connectivity index (χ3n) is 3.34. The SMILES string of the molecule is CCC1(CNC(=O)NCC(OC)C(=O)O)CC1. The highest BCUT2D eigenvalue weighted by Crippen LogP contribution is 2.47. The number of ether oxygens (including phenoxy) is 1. The van der Waals surface area contributed by atoms with Gasteiger partial charge in [0.05, 0.1) is 6.54 Å². The number of rotatable bonds is 7. The van der Waals surface area contributed by atoms with E-state index in [9.17, 15) is 9.59 Å². The highest BCUT2D eigenvalue weighted by Gasteiger charge is 2.40. The molecular weight excluding hydrogens is 224 g/mol. The lowest BCUT2D eigenvalue weighted by Crippen LogP contribution is -2.44. The van der Waals surface area contributed by atoms with Crippen LogP contribution in [-0.4, -0.2) is 43.4 Å². The molecule has 1 rings (SSSR count). The minimum atomic E-state index is -1.08. The molecule has 0 spiro atoms. The molecule has 6 nitrogen and oxygen atoms in total. The van der Waals surface area contributed by atoms with Crippen LogP contribution in [0.5, 0.6) is 0 Å². The van der Waals surface area contributed by atoms with Gasteiger partial charge in [-0.3, -0.25) is 0 Å². The van der Waals surface area contributed by atoms with Crippen molar-refractivity contribution in [2.45, 2.75) is 32.3 Å². The number of carboxylic acid groups (broad SMARTS) is 1. The second-order valence-electron chi connectivity index (χ2n) is 4.48. The van der Waals surface area contributed by atoms with Gasteiger partial charge in [0.1, 0.15) is 0 Å². The maximum Gasteiger partial charge on any atom is 0.334 e. The van der Waals surface area contributed by atoms with E-state index in [4.69, 9.17) is 9.84 Å². The summed E-state index contributed by atoms with van der Waals surface area (Å²) >= 11 is 0. The highest BCUT2D eigenvalue weighted by molar-refractivity contribution is 5.76. The molecule has 0 heterocycles. The summed E-state index contributed by atoms with van der Waals surface area (Å²) in [6, 6.07) is -0.340. The summed E-state index contributed by atoms with van der Waals surface area (Å²) in [5.74, 6) is -1.08. The molecule has 3 N–H and O–H groups in total. The monoisotopic (exact) mass is 244 g/mol. The highest BCUT2D eigenvalue weighted by atomic mass is 16.5. The van der Waals surface area contributed by atoms with Crippen LogP contribution in [0.2, 0.25) is 0 Å². The van der Waals surface area contributed by atoms with Gasteiger partial charge >= 0.3 is 12.0 Å². The van der Waals surface area contributed by atoms with Crippen LogP contribution in [0.1, 0.15) is 26.2 Å². The summed E-state index contributed by atoms with van der Waals surface area (Å²) in [7, 11) is 1.30. The first-order chi connectivity index (χ1) is 8.03. The quantitative estimate of drug-likeness (QED) is 0.611. The zero-order chi connectivity index (χ0) is 12.9.